The Bertz CT molecular complexity index is 325. The zero-order valence-electron chi connectivity index (χ0n) is 11.4. The highest BCUT2D eigenvalue weighted by molar-refractivity contribution is 7.09. The largest absolute Gasteiger partial charge is 0.378 e. The van der Waals surface area contributed by atoms with Crippen molar-refractivity contribution in [2.45, 2.75) is 58.2 Å². The van der Waals surface area contributed by atoms with Crippen LogP contribution < -0.4 is 5.32 Å². The molecule has 0 aromatic carbocycles. The van der Waals surface area contributed by atoms with Crippen molar-refractivity contribution in [3.8, 4) is 0 Å². The molecule has 0 bridgehead atoms. The number of hydrogen-bond donors (Lipinski definition) is 1. The molecular weight excluding hydrogens is 244 g/mol. The minimum atomic E-state index is 0.452. The van der Waals surface area contributed by atoms with Gasteiger partial charge in [-0.2, -0.15) is 0 Å². The Kier molecular flexibility index (Phi) is 5.60. The van der Waals surface area contributed by atoms with E-state index in [2.05, 4.69) is 24.1 Å². The van der Waals surface area contributed by atoms with Crippen LogP contribution in [0.4, 0.5) is 0 Å². The second-order valence-corrected chi connectivity index (χ2v) is 6.03. The highest BCUT2D eigenvalue weighted by atomic mass is 32.1. The first-order valence-electron chi connectivity index (χ1n) is 7.05. The van der Waals surface area contributed by atoms with Crippen LogP contribution in [-0.2, 0) is 11.3 Å². The fourth-order valence-electron chi connectivity index (χ4n) is 2.73. The van der Waals surface area contributed by atoms with E-state index in [-0.39, 0.29) is 0 Å². The van der Waals surface area contributed by atoms with Crippen molar-refractivity contribution in [3.63, 3.8) is 0 Å². The molecule has 2 atom stereocenters. The van der Waals surface area contributed by atoms with Crippen LogP contribution in [0.3, 0.4) is 0 Å². The van der Waals surface area contributed by atoms with E-state index in [0.29, 0.717) is 12.1 Å². The third-order valence-electron chi connectivity index (χ3n) is 3.94. The third kappa shape index (κ3) is 3.77. The van der Waals surface area contributed by atoms with Crippen LogP contribution in [0, 0.1) is 5.92 Å². The summed E-state index contributed by atoms with van der Waals surface area (Å²) in [6.45, 7) is 6.39. The molecule has 0 radical (unpaired) electrons. The summed E-state index contributed by atoms with van der Waals surface area (Å²) in [4.78, 5) is 5.43. The number of ether oxygens (including phenoxy) is 1. The van der Waals surface area contributed by atoms with Crippen molar-refractivity contribution in [1.82, 2.24) is 10.3 Å². The average molecular weight is 268 g/mol. The molecule has 1 N–H and O–H groups in total. The molecule has 1 aromatic rings. The zero-order valence-corrected chi connectivity index (χ0v) is 12.2. The van der Waals surface area contributed by atoms with Crippen LogP contribution in [0.25, 0.3) is 0 Å². The summed E-state index contributed by atoms with van der Waals surface area (Å²) in [7, 11) is 0. The van der Waals surface area contributed by atoms with Gasteiger partial charge in [-0.3, -0.25) is 4.98 Å². The standard InChI is InChI=1S/C14H24N2OS/c1-3-11(4-2)14-7-12(5-6-17-14)16-9-13-8-15-10-18-13/h8,10-12,14,16H,3-7,9H2,1-2H3/t12-,14-/m1/s1. The lowest BCUT2D eigenvalue weighted by molar-refractivity contribution is -0.0350. The van der Waals surface area contributed by atoms with Crippen LogP contribution in [0.5, 0.6) is 0 Å². The third-order valence-corrected chi connectivity index (χ3v) is 4.72. The predicted octanol–water partition coefficient (Wildman–Crippen LogP) is 3.22. The minimum absolute atomic E-state index is 0.452. The molecule has 2 rings (SSSR count). The van der Waals surface area contributed by atoms with Gasteiger partial charge in [0.1, 0.15) is 0 Å². The summed E-state index contributed by atoms with van der Waals surface area (Å²) in [5.41, 5.74) is 1.90. The summed E-state index contributed by atoms with van der Waals surface area (Å²) in [5.74, 6) is 0.720. The number of nitrogens with one attached hydrogen (secondary N) is 1. The van der Waals surface area contributed by atoms with Crippen molar-refractivity contribution in [2.75, 3.05) is 6.61 Å². The van der Waals surface area contributed by atoms with Crippen LogP contribution in [0.15, 0.2) is 11.7 Å². The molecule has 0 spiro atoms. The molecule has 2 heterocycles. The summed E-state index contributed by atoms with van der Waals surface area (Å²) in [6.07, 6.45) is 7.15. The van der Waals surface area contributed by atoms with Crippen molar-refractivity contribution in [1.29, 1.82) is 0 Å². The maximum atomic E-state index is 5.94. The van der Waals surface area contributed by atoms with E-state index in [1.807, 2.05) is 11.7 Å². The summed E-state index contributed by atoms with van der Waals surface area (Å²) in [6, 6.07) is 0.603. The second kappa shape index (κ2) is 7.22. The Balaban J connectivity index is 1.79. The predicted molar refractivity (Wildman–Crippen MR) is 75.8 cm³/mol. The van der Waals surface area contributed by atoms with E-state index in [9.17, 15) is 0 Å². The van der Waals surface area contributed by atoms with Gasteiger partial charge in [-0.1, -0.05) is 26.7 Å². The highest BCUT2D eigenvalue weighted by Gasteiger charge is 2.27. The minimum Gasteiger partial charge on any atom is -0.378 e. The highest BCUT2D eigenvalue weighted by Crippen LogP contribution is 2.25. The number of rotatable bonds is 6. The van der Waals surface area contributed by atoms with E-state index in [1.54, 1.807) is 11.3 Å². The van der Waals surface area contributed by atoms with Crippen molar-refractivity contribution in [3.05, 3.63) is 16.6 Å². The Hall–Kier alpha value is -0.450. The topological polar surface area (TPSA) is 34.2 Å². The summed E-state index contributed by atoms with van der Waals surface area (Å²) >= 11 is 1.72. The molecule has 1 saturated heterocycles. The quantitative estimate of drug-likeness (QED) is 0.860. The van der Waals surface area contributed by atoms with Gasteiger partial charge in [0.25, 0.3) is 0 Å². The first-order chi connectivity index (χ1) is 8.83. The van der Waals surface area contributed by atoms with Gasteiger partial charge in [0.2, 0.25) is 0 Å². The van der Waals surface area contributed by atoms with Gasteiger partial charge in [0.05, 0.1) is 11.6 Å². The van der Waals surface area contributed by atoms with Crippen molar-refractivity contribution >= 4 is 11.3 Å². The van der Waals surface area contributed by atoms with Crippen LogP contribution in [-0.4, -0.2) is 23.7 Å². The Morgan fingerprint density at radius 3 is 3.00 bits per heavy atom. The van der Waals surface area contributed by atoms with Crippen molar-refractivity contribution in [2.24, 2.45) is 5.92 Å². The Morgan fingerprint density at radius 2 is 2.33 bits per heavy atom. The van der Waals surface area contributed by atoms with E-state index < -0.39 is 0 Å². The molecule has 1 aromatic heterocycles. The zero-order chi connectivity index (χ0) is 12.8. The number of aromatic nitrogens is 1. The van der Waals surface area contributed by atoms with Crippen molar-refractivity contribution < 1.29 is 4.74 Å². The van der Waals surface area contributed by atoms with Gasteiger partial charge in [-0.15, -0.1) is 11.3 Å². The van der Waals surface area contributed by atoms with E-state index in [4.69, 9.17) is 4.74 Å². The normalized spacial score (nSPS) is 24.6. The van der Waals surface area contributed by atoms with Crippen LogP contribution in [0.1, 0.15) is 44.4 Å². The van der Waals surface area contributed by atoms with Crippen LogP contribution >= 0.6 is 11.3 Å². The Labute approximate surface area is 114 Å². The molecule has 1 aliphatic heterocycles. The van der Waals surface area contributed by atoms with E-state index >= 15 is 0 Å². The molecule has 0 saturated carbocycles. The molecule has 1 fully saturated rings. The maximum Gasteiger partial charge on any atom is 0.0794 e. The lowest BCUT2D eigenvalue weighted by Gasteiger charge is -2.34. The van der Waals surface area contributed by atoms with E-state index in [0.717, 1.165) is 31.9 Å². The molecule has 1 aliphatic rings. The molecule has 0 aliphatic carbocycles. The number of hydrogen-bond acceptors (Lipinski definition) is 4. The van der Waals surface area contributed by atoms with Gasteiger partial charge in [0, 0.05) is 30.3 Å². The van der Waals surface area contributed by atoms with E-state index in [1.165, 1.54) is 17.7 Å². The molecule has 0 amide bonds. The number of thiazole rings is 1. The van der Waals surface area contributed by atoms with Gasteiger partial charge in [0.15, 0.2) is 0 Å². The fourth-order valence-corrected chi connectivity index (χ4v) is 3.28. The van der Waals surface area contributed by atoms with Gasteiger partial charge in [-0.25, -0.2) is 0 Å². The van der Waals surface area contributed by atoms with Gasteiger partial charge in [-0.05, 0) is 18.8 Å². The first-order valence-corrected chi connectivity index (χ1v) is 7.93. The maximum absolute atomic E-state index is 5.94. The average Bonchev–Trinajstić information content (AvgIpc) is 2.92. The summed E-state index contributed by atoms with van der Waals surface area (Å²) in [5, 5.41) is 3.65. The molecular formula is C14H24N2OS. The molecule has 18 heavy (non-hydrogen) atoms. The molecule has 102 valence electrons. The first kappa shape index (κ1) is 14.0. The van der Waals surface area contributed by atoms with Gasteiger partial charge >= 0.3 is 0 Å². The lowest BCUT2D eigenvalue weighted by atomic mass is 9.89. The fraction of sp³-hybridized carbons (Fsp3) is 0.786. The van der Waals surface area contributed by atoms with Gasteiger partial charge < -0.3 is 10.1 Å². The lowest BCUT2D eigenvalue weighted by Crippen LogP contribution is -2.41. The SMILES string of the molecule is CCC(CC)[C@H]1C[C@H](NCc2cncs2)CCO1. The molecule has 0 unspecified atom stereocenters. The smallest absolute Gasteiger partial charge is 0.0794 e. The monoisotopic (exact) mass is 268 g/mol. The van der Waals surface area contributed by atoms with Crippen LogP contribution in [0.2, 0.25) is 0 Å². The molecule has 3 nitrogen and oxygen atoms in total. The number of nitrogens with zero attached hydrogens (tertiary/aromatic N) is 1. The summed E-state index contributed by atoms with van der Waals surface area (Å²) < 4.78 is 5.94. The Morgan fingerprint density at radius 1 is 1.50 bits per heavy atom. The molecule has 4 heteroatoms. The second-order valence-electron chi connectivity index (χ2n) is 5.06.